The summed E-state index contributed by atoms with van der Waals surface area (Å²) in [6, 6.07) is 0.306. The minimum Gasteiger partial charge on any atom is -0.428 e. The molecule has 0 saturated carbocycles. The van der Waals surface area contributed by atoms with Gasteiger partial charge in [-0.15, -0.1) is 0 Å². The van der Waals surface area contributed by atoms with Gasteiger partial charge in [0, 0.05) is 31.6 Å². The molecule has 0 aromatic carbocycles. The molecule has 2 fully saturated rings. The van der Waals surface area contributed by atoms with Crippen molar-refractivity contribution in [3.8, 4) is 0 Å². The van der Waals surface area contributed by atoms with Crippen LogP contribution >= 0.6 is 8.96 Å². The third-order valence-electron chi connectivity index (χ3n) is 6.08. The SMILES string of the molecule is [B]NPOC(=O)C1=C(CN2CC[C@H](N(C)C)C2)[C@H](C)[C@@H]2C([C@@H](C)O)C(=O)N12. The lowest BCUT2D eigenvalue weighted by atomic mass is 9.77. The van der Waals surface area contributed by atoms with Crippen molar-refractivity contribution >= 4 is 28.8 Å². The van der Waals surface area contributed by atoms with Crippen LogP contribution in [-0.4, -0.2) is 91.6 Å². The Kier molecular flexibility index (Phi) is 6.28. The van der Waals surface area contributed by atoms with Gasteiger partial charge in [-0.1, -0.05) is 6.92 Å². The topological polar surface area (TPSA) is 85.4 Å². The Bertz CT molecular complexity index is 644. The summed E-state index contributed by atoms with van der Waals surface area (Å²) in [5.74, 6) is -1.21. The smallest absolute Gasteiger partial charge is 0.358 e. The van der Waals surface area contributed by atoms with Gasteiger partial charge in [0.2, 0.25) is 5.91 Å². The molecule has 27 heavy (non-hydrogen) atoms. The number of aliphatic hydroxyl groups is 1. The summed E-state index contributed by atoms with van der Waals surface area (Å²) in [4.78, 5) is 33.7. The number of hydrogen-bond acceptors (Lipinski definition) is 7. The van der Waals surface area contributed by atoms with Crippen LogP contribution in [0.25, 0.3) is 0 Å². The number of amides is 1. The lowest BCUT2D eigenvalue weighted by Crippen LogP contribution is -2.63. The summed E-state index contributed by atoms with van der Waals surface area (Å²) >= 11 is 0. The maximum absolute atomic E-state index is 12.7. The number of likely N-dealkylation sites (tertiary alicyclic amines) is 1. The van der Waals surface area contributed by atoms with Crippen LogP contribution in [0.4, 0.5) is 0 Å². The zero-order chi connectivity index (χ0) is 19.9. The van der Waals surface area contributed by atoms with E-state index in [4.69, 9.17) is 12.5 Å². The van der Waals surface area contributed by atoms with E-state index >= 15 is 0 Å². The normalized spacial score (nSPS) is 32.5. The first-order valence-electron chi connectivity index (χ1n) is 9.32. The van der Waals surface area contributed by atoms with Crippen molar-refractivity contribution in [3.63, 3.8) is 0 Å². The monoisotopic (exact) mass is 394 g/mol. The van der Waals surface area contributed by atoms with Crippen molar-refractivity contribution in [1.82, 2.24) is 19.7 Å². The van der Waals surface area contributed by atoms with E-state index in [0.717, 1.165) is 25.1 Å². The Morgan fingerprint density at radius 1 is 1.52 bits per heavy atom. The molecule has 10 heteroatoms. The molecular weight excluding hydrogens is 366 g/mol. The quantitative estimate of drug-likeness (QED) is 0.341. The Balaban J connectivity index is 1.84. The number of aliphatic hydroxyl groups excluding tert-OH is 1. The molecular formula is C17H28BN4O4P. The van der Waals surface area contributed by atoms with Crippen molar-refractivity contribution in [2.45, 2.75) is 38.5 Å². The highest BCUT2D eigenvalue weighted by Gasteiger charge is 2.60. The highest BCUT2D eigenvalue weighted by Crippen LogP contribution is 2.48. The van der Waals surface area contributed by atoms with E-state index in [0.29, 0.717) is 18.3 Å². The molecule has 0 aromatic heterocycles. The molecule has 2 radical (unpaired) electrons. The highest BCUT2D eigenvalue weighted by atomic mass is 31.1. The number of likely N-dealkylation sites (N-methyl/N-ethyl adjacent to an activating group) is 1. The first-order chi connectivity index (χ1) is 12.8. The molecule has 0 aromatic rings. The lowest BCUT2D eigenvalue weighted by Gasteiger charge is -2.46. The van der Waals surface area contributed by atoms with Crippen molar-refractivity contribution in [2.75, 3.05) is 33.7 Å². The van der Waals surface area contributed by atoms with Gasteiger partial charge in [0.25, 0.3) is 0 Å². The van der Waals surface area contributed by atoms with E-state index in [-0.39, 0.29) is 26.8 Å². The van der Waals surface area contributed by atoms with Gasteiger partial charge in [0.05, 0.1) is 18.1 Å². The molecule has 1 amide bonds. The van der Waals surface area contributed by atoms with Gasteiger partial charge in [0.1, 0.15) is 14.7 Å². The molecule has 3 rings (SSSR count). The number of β-lactam (4-membered cyclic amide) rings is 1. The molecule has 0 aliphatic carbocycles. The first-order valence-corrected chi connectivity index (χ1v) is 10.2. The van der Waals surface area contributed by atoms with Gasteiger partial charge in [-0.25, -0.2) is 4.79 Å². The van der Waals surface area contributed by atoms with E-state index in [1.165, 1.54) is 4.90 Å². The number of nitrogens with zero attached hydrogens (tertiary/aromatic N) is 3. The van der Waals surface area contributed by atoms with Crippen molar-refractivity contribution in [1.29, 1.82) is 0 Å². The van der Waals surface area contributed by atoms with Crippen LogP contribution in [0.15, 0.2) is 11.3 Å². The van der Waals surface area contributed by atoms with Gasteiger partial charge in [0.15, 0.2) is 7.98 Å². The fourth-order valence-electron chi connectivity index (χ4n) is 4.58. The van der Waals surface area contributed by atoms with Gasteiger partial charge in [-0.3, -0.25) is 9.69 Å². The Labute approximate surface area is 163 Å². The minimum absolute atomic E-state index is 0.00238. The summed E-state index contributed by atoms with van der Waals surface area (Å²) in [5.41, 5.74) is 1.26. The van der Waals surface area contributed by atoms with Gasteiger partial charge < -0.3 is 24.4 Å². The van der Waals surface area contributed by atoms with Crippen LogP contribution in [0.2, 0.25) is 0 Å². The highest BCUT2D eigenvalue weighted by molar-refractivity contribution is 7.32. The predicted molar refractivity (Wildman–Crippen MR) is 104 cm³/mol. The molecule has 3 aliphatic heterocycles. The van der Waals surface area contributed by atoms with Gasteiger partial charge in [-0.05, 0) is 33.0 Å². The van der Waals surface area contributed by atoms with E-state index in [2.05, 4.69) is 28.9 Å². The lowest BCUT2D eigenvalue weighted by molar-refractivity contribution is -0.162. The summed E-state index contributed by atoms with van der Waals surface area (Å²) in [6.07, 6.45) is 0.338. The molecule has 148 valence electrons. The summed E-state index contributed by atoms with van der Waals surface area (Å²) < 4.78 is 5.19. The Morgan fingerprint density at radius 2 is 2.22 bits per heavy atom. The molecule has 2 N–H and O–H groups in total. The number of fused-ring (bicyclic) bond motifs is 1. The van der Waals surface area contributed by atoms with Crippen molar-refractivity contribution in [3.05, 3.63) is 11.3 Å². The van der Waals surface area contributed by atoms with Crippen LogP contribution in [0.3, 0.4) is 0 Å². The van der Waals surface area contributed by atoms with Crippen LogP contribution in [0.5, 0.6) is 0 Å². The summed E-state index contributed by atoms with van der Waals surface area (Å²) in [6.45, 7) is 6.16. The fraction of sp³-hybridized carbons (Fsp3) is 0.765. The second-order valence-corrected chi connectivity index (χ2v) is 8.60. The van der Waals surface area contributed by atoms with E-state index < -0.39 is 18.0 Å². The van der Waals surface area contributed by atoms with Crippen LogP contribution in [-0.2, 0) is 14.1 Å². The van der Waals surface area contributed by atoms with E-state index in [9.17, 15) is 14.7 Å². The third-order valence-corrected chi connectivity index (χ3v) is 6.49. The molecule has 6 atom stereocenters. The average molecular weight is 394 g/mol. The van der Waals surface area contributed by atoms with Gasteiger partial charge >= 0.3 is 5.97 Å². The average Bonchev–Trinajstić information content (AvgIpc) is 3.16. The molecule has 2 saturated heterocycles. The number of nitrogens with one attached hydrogen (secondary N) is 1. The van der Waals surface area contributed by atoms with Crippen molar-refractivity contribution < 1.29 is 19.2 Å². The maximum atomic E-state index is 12.7. The Morgan fingerprint density at radius 3 is 2.78 bits per heavy atom. The van der Waals surface area contributed by atoms with Crippen LogP contribution in [0, 0.1) is 11.8 Å². The predicted octanol–water partition coefficient (Wildman–Crippen LogP) is -0.541. The molecule has 3 aliphatic rings. The minimum atomic E-state index is -0.740. The number of hydrogen-bond donors (Lipinski definition) is 2. The largest absolute Gasteiger partial charge is 0.428 e. The number of carbonyl (C=O) groups excluding carboxylic acids is 2. The van der Waals surface area contributed by atoms with Gasteiger partial charge in [-0.2, -0.15) is 0 Å². The molecule has 0 spiro atoms. The number of rotatable bonds is 7. The number of carbonyl (C=O) groups is 2. The first kappa shape index (κ1) is 20.7. The van der Waals surface area contributed by atoms with Crippen LogP contribution in [0.1, 0.15) is 20.3 Å². The summed E-state index contributed by atoms with van der Waals surface area (Å²) in [7, 11) is 9.00. The second-order valence-electron chi connectivity index (χ2n) is 7.90. The standard InChI is InChI=1S/C17H28BN4O4P/c1-9-12(8-21-6-5-11(7-21)20(3)4)15(17(25)26-27-19-18)22-14(9)13(10(2)23)16(22)24/h9-11,13-14,19,23,27H,5-8H2,1-4H3/t9-,10+,11-,13?,14+/m0/s1. The zero-order valence-corrected chi connectivity index (χ0v) is 17.3. The second kappa shape index (κ2) is 8.17. The molecule has 8 nitrogen and oxygen atoms in total. The fourth-order valence-corrected chi connectivity index (χ4v) is 4.83. The van der Waals surface area contributed by atoms with Crippen LogP contribution < -0.4 is 5.00 Å². The maximum Gasteiger partial charge on any atom is 0.358 e. The molecule has 0 bridgehead atoms. The molecule has 3 heterocycles. The van der Waals surface area contributed by atoms with E-state index in [1.807, 2.05) is 6.92 Å². The van der Waals surface area contributed by atoms with E-state index in [1.54, 1.807) is 6.92 Å². The summed E-state index contributed by atoms with van der Waals surface area (Å²) in [5, 5.41) is 10.0. The zero-order valence-electron chi connectivity index (χ0n) is 16.3. The molecule has 2 unspecified atom stereocenters. The third kappa shape index (κ3) is 3.68. The van der Waals surface area contributed by atoms with Crippen molar-refractivity contribution in [2.24, 2.45) is 11.8 Å². The Hall–Kier alpha value is -0.985.